The van der Waals surface area contributed by atoms with Gasteiger partial charge in [0.25, 0.3) is 5.56 Å². The van der Waals surface area contributed by atoms with Crippen LogP contribution < -0.4 is 11.3 Å². The zero-order valence-corrected chi connectivity index (χ0v) is 19.6. The van der Waals surface area contributed by atoms with Crippen molar-refractivity contribution in [3.05, 3.63) is 114 Å². The number of allylic oxidation sites excluding steroid dienone is 5. The summed E-state index contributed by atoms with van der Waals surface area (Å²) in [5.41, 5.74) is 8.82. The SMILES string of the molecule is C=C/C(=C\C=C/C)n1c(Cn2nc(-c3cccc(F)c3)c3c(N)ncnc32)cc2ccccc2c1=O. The van der Waals surface area contributed by atoms with E-state index >= 15 is 0 Å². The van der Waals surface area contributed by atoms with Crippen molar-refractivity contribution in [2.24, 2.45) is 0 Å². The van der Waals surface area contributed by atoms with E-state index < -0.39 is 5.82 Å². The van der Waals surface area contributed by atoms with Crippen molar-refractivity contribution in [3.8, 4) is 11.3 Å². The molecule has 7 nitrogen and oxygen atoms in total. The van der Waals surface area contributed by atoms with Gasteiger partial charge in [-0.15, -0.1) is 0 Å². The summed E-state index contributed by atoms with van der Waals surface area (Å²) in [6.07, 6.45) is 8.55. The van der Waals surface area contributed by atoms with Crippen LogP contribution in [0.25, 0.3) is 38.8 Å². The highest BCUT2D eigenvalue weighted by molar-refractivity contribution is 5.98. The average Bonchev–Trinajstić information content (AvgIpc) is 3.25. The maximum absolute atomic E-state index is 14.0. The maximum Gasteiger partial charge on any atom is 0.263 e. The number of hydrogen-bond acceptors (Lipinski definition) is 5. The molecule has 0 spiro atoms. The van der Waals surface area contributed by atoms with Crippen LogP contribution >= 0.6 is 0 Å². The lowest BCUT2D eigenvalue weighted by atomic mass is 10.1. The zero-order valence-electron chi connectivity index (χ0n) is 19.6. The Balaban J connectivity index is 1.77. The third kappa shape index (κ3) is 3.98. The third-order valence-corrected chi connectivity index (χ3v) is 5.90. The average molecular weight is 479 g/mol. The van der Waals surface area contributed by atoms with Crippen molar-refractivity contribution in [2.75, 3.05) is 5.73 Å². The summed E-state index contributed by atoms with van der Waals surface area (Å²) in [6, 6.07) is 15.5. The summed E-state index contributed by atoms with van der Waals surface area (Å²) >= 11 is 0. The van der Waals surface area contributed by atoms with Crippen molar-refractivity contribution in [3.63, 3.8) is 0 Å². The fourth-order valence-corrected chi connectivity index (χ4v) is 4.27. The molecule has 5 rings (SSSR count). The molecule has 0 atom stereocenters. The van der Waals surface area contributed by atoms with Crippen LogP contribution in [0.1, 0.15) is 12.6 Å². The van der Waals surface area contributed by atoms with Gasteiger partial charge in [-0.1, -0.05) is 49.1 Å². The van der Waals surface area contributed by atoms with E-state index in [4.69, 9.17) is 10.8 Å². The summed E-state index contributed by atoms with van der Waals surface area (Å²) < 4.78 is 17.3. The van der Waals surface area contributed by atoms with Crippen molar-refractivity contribution in [1.82, 2.24) is 24.3 Å². The predicted molar refractivity (Wildman–Crippen MR) is 142 cm³/mol. The molecule has 8 heteroatoms. The van der Waals surface area contributed by atoms with E-state index in [9.17, 15) is 9.18 Å². The number of anilines is 1. The molecular formula is C28H23FN6O. The molecule has 0 aliphatic heterocycles. The molecule has 0 amide bonds. The zero-order chi connectivity index (χ0) is 25.2. The van der Waals surface area contributed by atoms with Crippen molar-refractivity contribution >= 4 is 33.3 Å². The molecule has 178 valence electrons. The Labute approximate surface area is 206 Å². The van der Waals surface area contributed by atoms with E-state index in [0.29, 0.717) is 39.1 Å². The Morgan fingerprint density at radius 2 is 1.97 bits per heavy atom. The van der Waals surface area contributed by atoms with Crippen LogP contribution in [-0.2, 0) is 6.54 Å². The van der Waals surface area contributed by atoms with E-state index in [2.05, 4.69) is 16.5 Å². The molecule has 3 aromatic heterocycles. The predicted octanol–water partition coefficient (Wildman–Crippen LogP) is 5.18. The van der Waals surface area contributed by atoms with Gasteiger partial charge in [0, 0.05) is 22.3 Å². The summed E-state index contributed by atoms with van der Waals surface area (Å²) in [5, 5.41) is 6.66. The van der Waals surface area contributed by atoms with Gasteiger partial charge in [0.05, 0.1) is 11.9 Å². The van der Waals surface area contributed by atoms with Crippen LogP contribution in [0.4, 0.5) is 10.2 Å². The monoisotopic (exact) mass is 478 g/mol. The van der Waals surface area contributed by atoms with Crippen molar-refractivity contribution < 1.29 is 4.39 Å². The van der Waals surface area contributed by atoms with Gasteiger partial charge in [-0.3, -0.25) is 9.36 Å². The lowest BCUT2D eigenvalue weighted by molar-refractivity contribution is 0.628. The Morgan fingerprint density at radius 1 is 1.14 bits per heavy atom. The van der Waals surface area contributed by atoms with Gasteiger partial charge in [-0.05, 0) is 48.7 Å². The van der Waals surface area contributed by atoms with Gasteiger partial charge in [-0.2, -0.15) is 5.10 Å². The molecule has 0 unspecified atom stereocenters. The molecule has 0 saturated carbocycles. The molecule has 0 aliphatic carbocycles. The minimum Gasteiger partial charge on any atom is -0.383 e. The highest BCUT2D eigenvalue weighted by atomic mass is 19.1. The molecule has 5 aromatic rings. The minimum absolute atomic E-state index is 0.172. The van der Waals surface area contributed by atoms with Crippen LogP contribution in [0.2, 0.25) is 0 Å². The third-order valence-electron chi connectivity index (χ3n) is 5.90. The second-order valence-electron chi connectivity index (χ2n) is 8.16. The number of fused-ring (bicyclic) bond motifs is 2. The Hall–Kier alpha value is -4.85. The molecule has 0 aliphatic rings. The number of pyridine rings is 1. The fraction of sp³-hybridized carbons (Fsp3) is 0.0714. The van der Waals surface area contributed by atoms with Gasteiger partial charge in [0.15, 0.2) is 5.65 Å². The largest absolute Gasteiger partial charge is 0.383 e. The second-order valence-corrected chi connectivity index (χ2v) is 8.16. The molecule has 36 heavy (non-hydrogen) atoms. The number of nitrogens with two attached hydrogens (primary N) is 1. The van der Waals surface area contributed by atoms with Crippen molar-refractivity contribution in [2.45, 2.75) is 13.5 Å². The van der Waals surface area contributed by atoms with E-state index in [-0.39, 0.29) is 17.9 Å². The minimum atomic E-state index is -0.390. The van der Waals surface area contributed by atoms with Crippen LogP contribution in [-0.4, -0.2) is 24.3 Å². The number of aromatic nitrogens is 5. The number of benzene rings is 2. The molecule has 3 heterocycles. The Bertz CT molecular complexity index is 1740. The van der Waals surface area contributed by atoms with Gasteiger partial charge >= 0.3 is 0 Å². The van der Waals surface area contributed by atoms with Crippen LogP contribution in [0.15, 0.2) is 96.6 Å². The van der Waals surface area contributed by atoms with Crippen LogP contribution in [0, 0.1) is 5.82 Å². The normalized spacial score (nSPS) is 12.1. The quantitative estimate of drug-likeness (QED) is 0.340. The Morgan fingerprint density at radius 3 is 2.75 bits per heavy atom. The first-order valence-electron chi connectivity index (χ1n) is 11.3. The van der Waals surface area contributed by atoms with E-state index in [1.807, 2.05) is 49.4 Å². The number of hydrogen-bond donors (Lipinski definition) is 1. The molecule has 0 saturated heterocycles. The topological polar surface area (TPSA) is 91.6 Å². The first-order chi connectivity index (χ1) is 17.5. The summed E-state index contributed by atoms with van der Waals surface area (Å²) in [7, 11) is 0. The number of rotatable bonds is 6. The standard InChI is InChI=1S/C28H23FN6O/c1-3-5-12-21(4-2)35-22(15-18-9-6-7-13-23(18)28(35)36)16-34-27-24(26(30)31-17-32-27)25(33-34)19-10-8-11-20(29)14-19/h3-15,17H,2,16H2,1H3,(H2,30,31,32)/b5-3-,21-12+. The Kier molecular flexibility index (Phi) is 6.00. The maximum atomic E-state index is 14.0. The first-order valence-corrected chi connectivity index (χ1v) is 11.3. The van der Waals surface area contributed by atoms with Crippen LogP contribution in [0.3, 0.4) is 0 Å². The van der Waals surface area contributed by atoms with E-state index in [0.717, 1.165) is 5.39 Å². The van der Waals surface area contributed by atoms with Gasteiger partial charge in [0.1, 0.15) is 23.7 Å². The smallest absolute Gasteiger partial charge is 0.263 e. The fourth-order valence-electron chi connectivity index (χ4n) is 4.27. The van der Waals surface area contributed by atoms with Crippen LogP contribution in [0.5, 0.6) is 0 Å². The molecule has 0 radical (unpaired) electrons. The van der Waals surface area contributed by atoms with E-state index in [1.165, 1.54) is 18.5 Å². The summed E-state index contributed by atoms with van der Waals surface area (Å²) in [4.78, 5) is 22.2. The highest BCUT2D eigenvalue weighted by Crippen LogP contribution is 2.31. The highest BCUT2D eigenvalue weighted by Gasteiger charge is 2.19. The second kappa shape index (κ2) is 9.42. The molecule has 2 aromatic carbocycles. The summed E-state index contributed by atoms with van der Waals surface area (Å²) in [6.45, 7) is 6.01. The van der Waals surface area contributed by atoms with Gasteiger partial charge in [-0.25, -0.2) is 19.0 Å². The lowest BCUT2D eigenvalue weighted by Gasteiger charge is -2.16. The lowest BCUT2D eigenvalue weighted by Crippen LogP contribution is -2.24. The van der Waals surface area contributed by atoms with Gasteiger partial charge < -0.3 is 5.73 Å². The number of nitrogens with zero attached hydrogens (tertiary/aromatic N) is 5. The first kappa shape index (κ1) is 22.9. The van der Waals surface area contributed by atoms with Gasteiger partial charge in [0.2, 0.25) is 0 Å². The number of nitrogen functional groups attached to an aromatic ring is 1. The molecule has 0 bridgehead atoms. The molecule has 0 fully saturated rings. The number of halogens is 1. The molecule has 2 N–H and O–H groups in total. The van der Waals surface area contributed by atoms with Crippen molar-refractivity contribution in [1.29, 1.82) is 0 Å². The molecular weight excluding hydrogens is 455 g/mol. The summed E-state index contributed by atoms with van der Waals surface area (Å²) in [5.74, 6) is -0.153. The van der Waals surface area contributed by atoms with E-state index in [1.54, 1.807) is 33.5 Å².